The summed E-state index contributed by atoms with van der Waals surface area (Å²) in [6, 6.07) is 4.62. The van der Waals surface area contributed by atoms with Gasteiger partial charge in [-0.05, 0) is 63.4 Å². The van der Waals surface area contributed by atoms with E-state index in [-0.39, 0.29) is 82.6 Å². The Morgan fingerprint density at radius 1 is 0.527 bits per heavy atom. The van der Waals surface area contributed by atoms with Crippen molar-refractivity contribution in [1.82, 2.24) is 46.2 Å². The van der Waals surface area contributed by atoms with E-state index in [1.165, 1.54) is 0 Å². The SMILES string of the molecule is [CH]N1CCN(CC(=O)O)CCN(CC(=O)O)CCN(CC(=O)NCCCCC(NC(=O)CCCCCCC(=O)NCCCC[C@H](NC(=O)N[C@@H](CCC(=O)O)C(=O)OC)C(=O)O)C(=O)OCc2ccccc2)CC1. The Bertz CT molecular complexity index is 1930. The zero-order chi connectivity index (χ0) is 54.7. The Morgan fingerprint density at radius 2 is 1.01 bits per heavy atom. The summed E-state index contributed by atoms with van der Waals surface area (Å²) in [7, 11) is 7.25. The third-order valence-electron chi connectivity index (χ3n) is 11.9. The van der Waals surface area contributed by atoms with E-state index in [9.17, 15) is 63.3 Å². The zero-order valence-corrected chi connectivity index (χ0v) is 42.5. The number of hydrogen-bond acceptors (Lipinski definition) is 16. The summed E-state index contributed by atoms with van der Waals surface area (Å²) in [5, 5.41) is 50.2. The molecule has 0 aromatic heterocycles. The molecule has 2 radical (unpaired) electrons. The highest BCUT2D eigenvalue weighted by atomic mass is 16.5. The number of esters is 2. The molecule has 1 heterocycles. The maximum absolute atomic E-state index is 13.2. The maximum Gasteiger partial charge on any atom is 0.328 e. The molecule has 414 valence electrons. The molecule has 1 aromatic carbocycles. The van der Waals surface area contributed by atoms with Gasteiger partial charge >= 0.3 is 41.8 Å². The van der Waals surface area contributed by atoms with Gasteiger partial charge in [0.2, 0.25) is 17.7 Å². The number of benzene rings is 1. The van der Waals surface area contributed by atoms with Crippen molar-refractivity contribution < 1.29 is 77.8 Å². The number of nitrogens with zero attached hydrogens (tertiary/aromatic N) is 4. The standard InChI is InChI=1S/C49H77N9O16/c1-55-24-26-56(28-29-58(34-45(66)67)31-30-57(27-25-55)33-44(64)65)32-42(61)51-23-13-11-17-38(48(71)74-35-36-14-6-5-7-15-36)52-41(60)19-9-4-3-8-18-40(59)50-22-12-10-16-37(46(68)69)53-49(72)54-39(47(70)73-2)20-21-43(62)63/h1,5-7,14-15,37-39H,3-4,8-13,16-35H2,2H3,(H,50,59)(H,51,61)(H,52,60)(H,62,63)(H,64,65)(H,66,67)(H,68,69)(H2,53,54,72)/t37-,38?,39-/m0/s1. The highest BCUT2D eigenvalue weighted by Crippen LogP contribution is 2.11. The Labute approximate surface area is 432 Å². The van der Waals surface area contributed by atoms with Crippen LogP contribution < -0.4 is 26.6 Å². The van der Waals surface area contributed by atoms with Crippen molar-refractivity contribution in [2.45, 2.75) is 115 Å². The minimum atomic E-state index is -1.31. The Hall–Kier alpha value is -6.44. The lowest BCUT2D eigenvalue weighted by atomic mass is 10.1. The molecule has 1 saturated heterocycles. The number of amides is 5. The number of carbonyl (C=O) groups excluding carboxylic acids is 6. The van der Waals surface area contributed by atoms with Crippen molar-refractivity contribution in [1.29, 1.82) is 0 Å². The molecule has 1 unspecified atom stereocenters. The van der Waals surface area contributed by atoms with E-state index in [4.69, 9.17) is 16.9 Å². The minimum absolute atomic E-state index is 0.0230. The maximum atomic E-state index is 13.2. The van der Waals surface area contributed by atoms with Crippen LogP contribution in [0.3, 0.4) is 0 Å². The van der Waals surface area contributed by atoms with Gasteiger partial charge in [-0.15, -0.1) is 0 Å². The van der Waals surface area contributed by atoms with Crippen LogP contribution >= 0.6 is 0 Å². The summed E-state index contributed by atoms with van der Waals surface area (Å²) in [5.74, 6) is -6.76. The fraction of sp³-hybridized carbons (Fsp3) is 0.653. The lowest BCUT2D eigenvalue weighted by Crippen LogP contribution is -2.51. The third-order valence-corrected chi connectivity index (χ3v) is 11.9. The van der Waals surface area contributed by atoms with E-state index >= 15 is 0 Å². The van der Waals surface area contributed by atoms with E-state index in [2.05, 4.69) is 31.3 Å². The summed E-state index contributed by atoms with van der Waals surface area (Å²) in [6.07, 6.45) is 4.10. The quantitative estimate of drug-likeness (QED) is 0.0332. The van der Waals surface area contributed by atoms with Crippen LogP contribution in [0.1, 0.15) is 95.5 Å². The molecular formula is C49H77N9O16. The molecule has 2 rings (SSSR count). The van der Waals surface area contributed by atoms with Crippen molar-refractivity contribution in [2.24, 2.45) is 0 Å². The largest absolute Gasteiger partial charge is 0.481 e. The van der Waals surface area contributed by atoms with Gasteiger partial charge in [-0.3, -0.25) is 48.4 Å². The van der Waals surface area contributed by atoms with Gasteiger partial charge in [0.15, 0.2) is 0 Å². The molecule has 0 aliphatic carbocycles. The predicted octanol–water partition coefficient (Wildman–Crippen LogP) is 0.346. The molecule has 1 aliphatic heterocycles. The van der Waals surface area contributed by atoms with Gasteiger partial charge in [0.1, 0.15) is 24.7 Å². The number of carbonyl (C=O) groups is 10. The first kappa shape index (κ1) is 63.7. The van der Waals surface area contributed by atoms with Gasteiger partial charge in [-0.2, -0.15) is 0 Å². The van der Waals surface area contributed by atoms with Gasteiger partial charge < -0.3 is 56.5 Å². The van der Waals surface area contributed by atoms with E-state index in [0.717, 1.165) is 12.7 Å². The second kappa shape index (κ2) is 37.3. The van der Waals surface area contributed by atoms with Crippen LogP contribution in [0.2, 0.25) is 0 Å². The Kier molecular flexibility index (Phi) is 32.1. The van der Waals surface area contributed by atoms with Crippen LogP contribution in [0.15, 0.2) is 30.3 Å². The fourth-order valence-electron chi connectivity index (χ4n) is 7.70. The smallest absolute Gasteiger partial charge is 0.328 e. The number of urea groups is 1. The number of aliphatic carboxylic acids is 4. The summed E-state index contributed by atoms with van der Waals surface area (Å²) in [6.45, 7) is 3.11. The van der Waals surface area contributed by atoms with Crippen LogP contribution in [0.5, 0.6) is 0 Å². The average molecular weight is 1050 g/mol. The number of carboxylic acids is 4. The topological polar surface area (TPSA) is 343 Å². The molecule has 5 amide bonds. The average Bonchev–Trinajstić information content (AvgIpc) is 3.35. The Balaban J connectivity index is 1.76. The van der Waals surface area contributed by atoms with Gasteiger partial charge in [-0.25, -0.2) is 19.2 Å². The van der Waals surface area contributed by atoms with Gasteiger partial charge in [0.05, 0.1) is 26.7 Å². The summed E-state index contributed by atoms with van der Waals surface area (Å²) in [4.78, 5) is 128. The van der Waals surface area contributed by atoms with E-state index in [0.29, 0.717) is 110 Å². The van der Waals surface area contributed by atoms with Crippen LogP contribution in [-0.4, -0.2) is 210 Å². The predicted molar refractivity (Wildman–Crippen MR) is 266 cm³/mol. The van der Waals surface area contributed by atoms with Crippen molar-refractivity contribution in [2.75, 3.05) is 92.2 Å². The monoisotopic (exact) mass is 1050 g/mol. The summed E-state index contributed by atoms with van der Waals surface area (Å²) < 4.78 is 10.1. The van der Waals surface area contributed by atoms with Gasteiger partial charge in [0.25, 0.3) is 0 Å². The molecule has 1 fully saturated rings. The summed E-state index contributed by atoms with van der Waals surface area (Å²) in [5.41, 5.74) is 0.781. The van der Waals surface area contributed by atoms with Crippen molar-refractivity contribution in [3.05, 3.63) is 42.9 Å². The number of unbranched alkanes of at least 4 members (excludes halogenated alkanes) is 5. The zero-order valence-electron chi connectivity index (χ0n) is 42.5. The molecule has 0 saturated carbocycles. The molecule has 74 heavy (non-hydrogen) atoms. The molecule has 25 heteroatoms. The number of methoxy groups -OCH3 is 1. The molecule has 1 aliphatic rings. The molecule has 9 N–H and O–H groups in total. The number of nitrogens with one attached hydrogen (secondary N) is 5. The number of rotatable bonds is 34. The van der Waals surface area contributed by atoms with Crippen LogP contribution in [0.25, 0.3) is 0 Å². The normalized spacial score (nSPS) is 15.4. The van der Waals surface area contributed by atoms with Crippen molar-refractivity contribution in [3.8, 4) is 0 Å². The number of ether oxygens (including phenoxy) is 2. The highest BCUT2D eigenvalue weighted by Gasteiger charge is 2.27. The molecule has 1 aromatic rings. The number of hydrogen-bond donors (Lipinski definition) is 9. The second-order valence-corrected chi connectivity index (χ2v) is 18.0. The highest BCUT2D eigenvalue weighted by molar-refractivity contribution is 5.87. The van der Waals surface area contributed by atoms with Gasteiger partial charge in [0, 0.05) is 91.8 Å². The van der Waals surface area contributed by atoms with Crippen LogP contribution in [0, 0.1) is 7.05 Å². The molecule has 3 atom stereocenters. The van der Waals surface area contributed by atoms with Crippen LogP contribution in [-0.2, 0) is 59.2 Å². The lowest BCUT2D eigenvalue weighted by Gasteiger charge is -2.32. The Morgan fingerprint density at radius 3 is 1.54 bits per heavy atom. The molecule has 0 bridgehead atoms. The fourth-order valence-corrected chi connectivity index (χ4v) is 7.70. The third kappa shape index (κ3) is 30.6. The molecule has 25 nitrogen and oxygen atoms in total. The first-order chi connectivity index (χ1) is 35.3. The molecular weight excluding hydrogens is 971 g/mol. The van der Waals surface area contributed by atoms with Gasteiger partial charge in [-0.1, -0.05) is 43.2 Å². The first-order valence-corrected chi connectivity index (χ1v) is 25.1. The minimum Gasteiger partial charge on any atom is -0.481 e. The first-order valence-electron chi connectivity index (χ1n) is 25.1. The number of carboxylic acid groups (broad SMARTS) is 4. The summed E-state index contributed by atoms with van der Waals surface area (Å²) >= 11 is 0. The van der Waals surface area contributed by atoms with E-state index in [1.54, 1.807) is 14.7 Å². The van der Waals surface area contributed by atoms with Crippen LogP contribution in [0.4, 0.5) is 4.79 Å². The second-order valence-electron chi connectivity index (χ2n) is 18.0. The van der Waals surface area contributed by atoms with E-state index < -0.39 is 66.4 Å². The van der Waals surface area contributed by atoms with Crippen molar-refractivity contribution in [3.63, 3.8) is 0 Å². The molecule has 0 spiro atoms. The van der Waals surface area contributed by atoms with E-state index in [1.807, 2.05) is 35.2 Å². The van der Waals surface area contributed by atoms with Crippen molar-refractivity contribution >= 4 is 59.6 Å². The lowest BCUT2D eigenvalue weighted by molar-refractivity contribution is -0.149.